The van der Waals surface area contributed by atoms with Crippen LogP contribution in [0.3, 0.4) is 0 Å². The summed E-state index contributed by atoms with van der Waals surface area (Å²) in [7, 11) is 0. The van der Waals surface area contributed by atoms with Gasteiger partial charge in [0.25, 0.3) is 0 Å². The number of nitriles is 1. The number of rotatable bonds is 3. The molecule has 0 bridgehead atoms. The summed E-state index contributed by atoms with van der Waals surface area (Å²) in [5, 5.41) is 8.60. The van der Waals surface area contributed by atoms with Gasteiger partial charge in [-0.15, -0.1) is 0 Å². The highest BCUT2D eigenvalue weighted by Crippen LogP contribution is 2.21. The lowest BCUT2D eigenvalue weighted by atomic mass is 10.1. The quantitative estimate of drug-likeness (QED) is 0.732. The molecule has 1 aromatic carbocycles. The molecule has 1 rings (SSSR count). The van der Waals surface area contributed by atoms with E-state index in [1.807, 2.05) is 45.0 Å². The number of benzene rings is 1. The summed E-state index contributed by atoms with van der Waals surface area (Å²) in [5.74, 6) is 0.824. The molecule has 0 aliphatic rings. The van der Waals surface area contributed by atoms with Crippen molar-refractivity contribution in [2.24, 2.45) is 0 Å². The van der Waals surface area contributed by atoms with Crippen molar-refractivity contribution in [1.82, 2.24) is 0 Å². The largest absolute Gasteiger partial charge is 0.487 e. The number of hydrogen-bond acceptors (Lipinski definition) is 2. The lowest BCUT2D eigenvalue weighted by Gasteiger charge is -2.23. The van der Waals surface area contributed by atoms with Crippen LogP contribution < -0.4 is 4.74 Å². The molecule has 74 valence electrons. The summed E-state index contributed by atoms with van der Waals surface area (Å²) >= 11 is 0. The molecule has 0 amide bonds. The fourth-order valence-corrected chi connectivity index (χ4v) is 1.22. The number of ether oxygens (including phenoxy) is 1. The summed E-state index contributed by atoms with van der Waals surface area (Å²) in [6.45, 7) is 5.85. The molecule has 1 aromatic rings. The molecule has 0 saturated carbocycles. The van der Waals surface area contributed by atoms with Crippen LogP contribution in [0.25, 0.3) is 0 Å². The lowest BCUT2D eigenvalue weighted by molar-refractivity contribution is 0.115. The highest BCUT2D eigenvalue weighted by atomic mass is 16.5. The molecule has 0 aliphatic carbocycles. The second kappa shape index (κ2) is 4.15. The Kier molecular flexibility index (Phi) is 3.14. The fraction of sp³-hybridized carbons (Fsp3) is 0.417. The van der Waals surface area contributed by atoms with Crippen LogP contribution in [0.2, 0.25) is 0 Å². The van der Waals surface area contributed by atoms with E-state index in [0.29, 0.717) is 6.42 Å². The molecule has 2 heteroatoms. The van der Waals surface area contributed by atoms with E-state index in [0.717, 1.165) is 11.3 Å². The van der Waals surface area contributed by atoms with Gasteiger partial charge in [0.05, 0.1) is 12.5 Å². The van der Waals surface area contributed by atoms with E-state index in [-0.39, 0.29) is 0 Å². The third-order valence-electron chi connectivity index (χ3n) is 1.89. The zero-order valence-corrected chi connectivity index (χ0v) is 8.87. The summed E-state index contributed by atoms with van der Waals surface area (Å²) in [4.78, 5) is 0. The van der Waals surface area contributed by atoms with E-state index < -0.39 is 5.60 Å². The molecule has 0 aromatic heterocycles. The van der Waals surface area contributed by atoms with Crippen molar-refractivity contribution >= 4 is 0 Å². The summed E-state index contributed by atoms with van der Waals surface area (Å²) < 4.78 is 5.70. The predicted octanol–water partition coefficient (Wildman–Crippen LogP) is 3.07. The minimum atomic E-state index is -0.414. The molecule has 0 N–H and O–H groups in total. The summed E-state index contributed by atoms with van der Waals surface area (Å²) in [5.41, 5.74) is 0.748. The number of nitrogens with zero attached hydrogens (tertiary/aromatic N) is 1. The van der Waals surface area contributed by atoms with Crippen molar-refractivity contribution in [3.05, 3.63) is 29.8 Å². The van der Waals surface area contributed by atoms with Crippen LogP contribution in [-0.4, -0.2) is 5.60 Å². The molecule has 2 nitrogen and oxygen atoms in total. The van der Waals surface area contributed by atoms with Crippen molar-refractivity contribution < 1.29 is 4.74 Å². The first-order valence-electron chi connectivity index (χ1n) is 4.66. The predicted molar refractivity (Wildman–Crippen MR) is 56.1 cm³/mol. The van der Waals surface area contributed by atoms with Crippen LogP contribution in [0.1, 0.15) is 25.8 Å². The first kappa shape index (κ1) is 10.6. The van der Waals surface area contributed by atoms with E-state index in [2.05, 4.69) is 6.07 Å². The van der Waals surface area contributed by atoms with Crippen LogP contribution in [0.4, 0.5) is 0 Å². The molecule has 0 radical (unpaired) electrons. The molecule has 0 unspecified atom stereocenters. The van der Waals surface area contributed by atoms with E-state index in [1.54, 1.807) is 0 Å². The van der Waals surface area contributed by atoms with Gasteiger partial charge in [0.2, 0.25) is 0 Å². The Labute approximate surface area is 85.1 Å². The van der Waals surface area contributed by atoms with Crippen LogP contribution in [-0.2, 0) is 0 Å². The van der Waals surface area contributed by atoms with Gasteiger partial charge in [-0.3, -0.25) is 0 Å². The van der Waals surface area contributed by atoms with E-state index in [1.165, 1.54) is 0 Å². The molecule has 0 spiro atoms. The van der Waals surface area contributed by atoms with Gasteiger partial charge < -0.3 is 4.74 Å². The fourth-order valence-electron chi connectivity index (χ4n) is 1.22. The molecule has 0 atom stereocenters. The zero-order chi connectivity index (χ0) is 10.6. The van der Waals surface area contributed by atoms with E-state index >= 15 is 0 Å². The monoisotopic (exact) mass is 189 g/mol. The Balaban J connectivity index is 2.74. The van der Waals surface area contributed by atoms with Crippen molar-refractivity contribution in [2.75, 3.05) is 0 Å². The van der Waals surface area contributed by atoms with Crippen molar-refractivity contribution in [2.45, 2.75) is 32.8 Å². The molecule has 0 fully saturated rings. The maximum atomic E-state index is 8.60. The van der Waals surface area contributed by atoms with E-state index in [4.69, 9.17) is 10.00 Å². The highest BCUT2D eigenvalue weighted by Gasteiger charge is 2.19. The standard InChI is InChI=1S/C12H15NO/c1-10-5-4-6-11(9-10)14-12(2,3)7-8-13/h4-6,9H,7H2,1-3H3. The van der Waals surface area contributed by atoms with Gasteiger partial charge in [0.15, 0.2) is 0 Å². The zero-order valence-electron chi connectivity index (χ0n) is 8.87. The SMILES string of the molecule is Cc1cccc(OC(C)(C)CC#N)c1. The second-order valence-electron chi connectivity index (χ2n) is 4.01. The van der Waals surface area contributed by atoms with E-state index in [9.17, 15) is 0 Å². The Bertz CT molecular complexity index is 350. The van der Waals surface area contributed by atoms with Gasteiger partial charge in [-0.1, -0.05) is 12.1 Å². The van der Waals surface area contributed by atoms with Gasteiger partial charge >= 0.3 is 0 Å². The topological polar surface area (TPSA) is 33.0 Å². The second-order valence-corrected chi connectivity index (χ2v) is 4.01. The first-order valence-corrected chi connectivity index (χ1v) is 4.66. The Hall–Kier alpha value is -1.49. The third kappa shape index (κ3) is 3.10. The minimum Gasteiger partial charge on any atom is -0.487 e. The molecule has 0 aliphatic heterocycles. The van der Waals surface area contributed by atoms with Gasteiger partial charge in [-0.05, 0) is 38.5 Å². The van der Waals surface area contributed by atoms with Crippen LogP contribution >= 0.6 is 0 Å². The Morgan fingerprint density at radius 3 is 2.71 bits per heavy atom. The van der Waals surface area contributed by atoms with Crippen molar-refractivity contribution in [3.8, 4) is 11.8 Å². The molecular weight excluding hydrogens is 174 g/mol. The first-order chi connectivity index (χ1) is 6.53. The number of aryl methyl sites for hydroxylation is 1. The molecule has 0 heterocycles. The molecule has 0 saturated heterocycles. The lowest BCUT2D eigenvalue weighted by Crippen LogP contribution is -2.27. The third-order valence-corrected chi connectivity index (χ3v) is 1.89. The van der Waals surface area contributed by atoms with Gasteiger partial charge in [0, 0.05) is 0 Å². The molecular formula is C12H15NO. The smallest absolute Gasteiger partial charge is 0.120 e. The number of hydrogen-bond donors (Lipinski definition) is 0. The van der Waals surface area contributed by atoms with Crippen molar-refractivity contribution in [3.63, 3.8) is 0 Å². The summed E-state index contributed by atoms with van der Waals surface area (Å²) in [6, 6.07) is 9.97. The van der Waals surface area contributed by atoms with Crippen molar-refractivity contribution in [1.29, 1.82) is 5.26 Å². The Morgan fingerprint density at radius 1 is 1.43 bits per heavy atom. The maximum absolute atomic E-state index is 8.60. The molecule has 14 heavy (non-hydrogen) atoms. The average Bonchev–Trinajstić information content (AvgIpc) is 2.02. The highest BCUT2D eigenvalue weighted by molar-refractivity contribution is 5.28. The normalized spacial score (nSPS) is 10.7. The van der Waals surface area contributed by atoms with Crippen LogP contribution in [0.5, 0.6) is 5.75 Å². The van der Waals surface area contributed by atoms with Gasteiger partial charge in [0.1, 0.15) is 11.4 Å². The maximum Gasteiger partial charge on any atom is 0.120 e. The van der Waals surface area contributed by atoms with Gasteiger partial charge in [-0.25, -0.2) is 0 Å². The minimum absolute atomic E-state index is 0.390. The van der Waals surface area contributed by atoms with Gasteiger partial charge in [-0.2, -0.15) is 5.26 Å². The van der Waals surface area contributed by atoms with Crippen LogP contribution in [0.15, 0.2) is 24.3 Å². The summed E-state index contributed by atoms with van der Waals surface area (Å²) in [6.07, 6.45) is 0.390. The Morgan fingerprint density at radius 2 is 2.14 bits per heavy atom. The average molecular weight is 189 g/mol. The van der Waals surface area contributed by atoms with Crippen LogP contribution in [0, 0.1) is 18.3 Å².